The van der Waals surface area contributed by atoms with Crippen molar-refractivity contribution in [2.24, 2.45) is 5.41 Å². The quantitative estimate of drug-likeness (QED) is 0.904. The maximum Gasteiger partial charge on any atom is 0.245 e. The average Bonchev–Trinajstić information content (AvgIpc) is 3.33. The number of anilines is 1. The highest BCUT2D eigenvalue weighted by Gasteiger charge is 2.48. The fraction of sp³-hybridized carbons (Fsp3) is 0.526. The van der Waals surface area contributed by atoms with Crippen LogP contribution in [0.1, 0.15) is 39.5 Å². The summed E-state index contributed by atoms with van der Waals surface area (Å²) in [5.74, 6) is 0.814. The van der Waals surface area contributed by atoms with Crippen LogP contribution in [0, 0.1) is 5.41 Å². The van der Waals surface area contributed by atoms with Crippen molar-refractivity contribution >= 4 is 34.2 Å². The number of carbonyl (C=O) groups excluding carboxylic acids is 1. The minimum Gasteiger partial charge on any atom is -0.358 e. The Morgan fingerprint density at radius 2 is 2.16 bits per heavy atom. The lowest BCUT2D eigenvalue weighted by molar-refractivity contribution is -0.135. The number of piperidine rings is 1. The van der Waals surface area contributed by atoms with Crippen LogP contribution in [0.4, 0.5) is 5.82 Å². The summed E-state index contributed by atoms with van der Waals surface area (Å²) in [4.78, 5) is 23.5. The highest BCUT2D eigenvalue weighted by Crippen LogP contribution is 2.55. The second kappa shape index (κ2) is 6.13. The van der Waals surface area contributed by atoms with Gasteiger partial charge in [-0.15, -0.1) is 0 Å². The molecule has 2 fully saturated rings. The van der Waals surface area contributed by atoms with Gasteiger partial charge in [-0.3, -0.25) is 4.79 Å². The summed E-state index contributed by atoms with van der Waals surface area (Å²) < 4.78 is 0. The number of amides is 1. The van der Waals surface area contributed by atoms with Crippen molar-refractivity contribution in [2.75, 3.05) is 11.9 Å². The van der Waals surface area contributed by atoms with Gasteiger partial charge in [0.05, 0.1) is 5.52 Å². The van der Waals surface area contributed by atoms with E-state index in [2.05, 4.69) is 22.2 Å². The molecule has 0 unspecified atom stereocenters. The van der Waals surface area contributed by atoms with Crippen molar-refractivity contribution in [3.63, 3.8) is 0 Å². The fourth-order valence-corrected chi connectivity index (χ4v) is 4.20. The Morgan fingerprint density at radius 3 is 2.88 bits per heavy atom. The lowest BCUT2D eigenvalue weighted by Gasteiger charge is -2.39. The van der Waals surface area contributed by atoms with E-state index in [4.69, 9.17) is 11.6 Å². The zero-order chi connectivity index (χ0) is 17.6. The number of nitrogens with one attached hydrogen (secondary N) is 1. The largest absolute Gasteiger partial charge is 0.358 e. The van der Waals surface area contributed by atoms with E-state index in [0.29, 0.717) is 22.3 Å². The molecule has 5 nitrogen and oxygen atoms in total. The molecular weight excluding hydrogens is 336 g/mol. The number of carbonyl (C=O) groups is 1. The molecule has 2 aromatic rings. The molecular formula is C19H23ClN4O. The summed E-state index contributed by atoms with van der Waals surface area (Å²) in [6.45, 7) is 4.94. The molecule has 1 amide bonds. The summed E-state index contributed by atoms with van der Waals surface area (Å²) in [6.07, 6.45) is 6.45. The molecule has 1 aromatic heterocycles. The first kappa shape index (κ1) is 16.6. The zero-order valence-electron chi connectivity index (χ0n) is 14.6. The lowest BCUT2D eigenvalue weighted by Crippen LogP contribution is -2.50. The maximum absolute atomic E-state index is 12.9. The van der Waals surface area contributed by atoms with Crippen LogP contribution in [0.5, 0.6) is 0 Å². The van der Waals surface area contributed by atoms with Crippen LogP contribution in [0.3, 0.4) is 0 Å². The molecule has 1 aromatic carbocycles. The molecule has 1 aliphatic heterocycles. The number of fused-ring (bicyclic) bond motifs is 1. The topological polar surface area (TPSA) is 58.1 Å². The third kappa shape index (κ3) is 3.17. The summed E-state index contributed by atoms with van der Waals surface area (Å²) in [5.41, 5.74) is 1.32. The summed E-state index contributed by atoms with van der Waals surface area (Å²) in [5, 5.41) is 4.78. The zero-order valence-corrected chi connectivity index (χ0v) is 15.4. The predicted molar refractivity (Wildman–Crippen MR) is 99.7 cm³/mol. The van der Waals surface area contributed by atoms with Crippen molar-refractivity contribution in [2.45, 2.75) is 51.6 Å². The SMILES string of the molecule is C[C@@H](Nc1ncnc2cc(Cl)ccc12)C(=O)N1CCC2(CC2)C[C@@H]1C. The van der Waals surface area contributed by atoms with E-state index in [1.165, 1.54) is 19.2 Å². The first-order valence-corrected chi connectivity index (χ1v) is 9.33. The molecule has 2 heterocycles. The van der Waals surface area contributed by atoms with Crippen LogP contribution in [-0.2, 0) is 4.79 Å². The molecule has 6 heteroatoms. The molecule has 0 radical (unpaired) electrons. The monoisotopic (exact) mass is 358 g/mol. The Bertz CT molecular complexity index is 820. The molecule has 2 aliphatic rings. The standard InChI is InChI=1S/C19H23ClN4O/c1-12-10-19(5-6-19)7-8-24(12)18(25)13(2)23-17-15-4-3-14(20)9-16(15)21-11-22-17/h3-4,9,11-13H,5-8,10H2,1-2H3,(H,21,22,23)/t12-,13+/m0/s1. The van der Waals surface area contributed by atoms with Crippen LogP contribution >= 0.6 is 11.6 Å². The van der Waals surface area contributed by atoms with E-state index in [9.17, 15) is 4.79 Å². The number of hydrogen-bond donors (Lipinski definition) is 1. The van der Waals surface area contributed by atoms with Crippen LogP contribution in [0.15, 0.2) is 24.5 Å². The number of nitrogens with zero attached hydrogens (tertiary/aromatic N) is 3. The van der Waals surface area contributed by atoms with Gasteiger partial charge in [-0.1, -0.05) is 11.6 Å². The minimum absolute atomic E-state index is 0.142. The van der Waals surface area contributed by atoms with Gasteiger partial charge in [0.1, 0.15) is 18.2 Å². The van der Waals surface area contributed by atoms with E-state index in [1.54, 1.807) is 6.07 Å². The van der Waals surface area contributed by atoms with Gasteiger partial charge in [0.25, 0.3) is 0 Å². The first-order chi connectivity index (χ1) is 12.0. The fourth-order valence-electron chi connectivity index (χ4n) is 4.04. The third-order valence-electron chi connectivity index (χ3n) is 5.71. The van der Waals surface area contributed by atoms with Crippen LogP contribution in [-0.4, -0.2) is 39.4 Å². The Balaban J connectivity index is 1.50. The van der Waals surface area contributed by atoms with Gasteiger partial charge >= 0.3 is 0 Å². The van der Waals surface area contributed by atoms with Gasteiger partial charge in [-0.05, 0) is 63.1 Å². The number of benzene rings is 1. The van der Waals surface area contributed by atoms with E-state index >= 15 is 0 Å². The first-order valence-electron chi connectivity index (χ1n) is 8.95. The molecule has 132 valence electrons. The number of aromatic nitrogens is 2. The van der Waals surface area contributed by atoms with Crippen LogP contribution in [0.2, 0.25) is 5.02 Å². The van der Waals surface area contributed by atoms with Gasteiger partial charge in [0, 0.05) is 23.0 Å². The summed E-state index contributed by atoms with van der Waals surface area (Å²) in [6, 6.07) is 5.49. The van der Waals surface area contributed by atoms with Gasteiger partial charge in [0.15, 0.2) is 0 Å². The van der Waals surface area contributed by atoms with E-state index < -0.39 is 0 Å². The van der Waals surface area contributed by atoms with Crippen LogP contribution in [0.25, 0.3) is 10.9 Å². The highest BCUT2D eigenvalue weighted by molar-refractivity contribution is 6.31. The van der Waals surface area contributed by atoms with Gasteiger partial charge in [0.2, 0.25) is 5.91 Å². The van der Waals surface area contributed by atoms with Gasteiger partial charge < -0.3 is 10.2 Å². The predicted octanol–water partition coefficient (Wildman–Crippen LogP) is 3.87. The van der Waals surface area contributed by atoms with E-state index in [0.717, 1.165) is 30.3 Å². The number of likely N-dealkylation sites (tertiary alicyclic amines) is 1. The molecule has 25 heavy (non-hydrogen) atoms. The normalized spacial score (nSPS) is 22.8. The van der Waals surface area contributed by atoms with E-state index in [-0.39, 0.29) is 11.9 Å². The molecule has 1 saturated carbocycles. The third-order valence-corrected chi connectivity index (χ3v) is 5.94. The Morgan fingerprint density at radius 1 is 1.36 bits per heavy atom. The molecule has 1 spiro atoms. The molecule has 1 aliphatic carbocycles. The van der Waals surface area contributed by atoms with Crippen molar-refractivity contribution in [3.05, 3.63) is 29.5 Å². The Hall–Kier alpha value is -1.88. The second-order valence-corrected chi connectivity index (χ2v) is 8.02. The molecule has 2 atom stereocenters. The summed E-state index contributed by atoms with van der Waals surface area (Å²) in [7, 11) is 0. The number of halogens is 1. The van der Waals surface area contributed by atoms with Crippen molar-refractivity contribution < 1.29 is 4.79 Å². The second-order valence-electron chi connectivity index (χ2n) is 7.58. The van der Waals surface area contributed by atoms with Gasteiger partial charge in [-0.25, -0.2) is 9.97 Å². The van der Waals surface area contributed by atoms with Crippen molar-refractivity contribution in [1.29, 1.82) is 0 Å². The Kier molecular flexibility index (Phi) is 4.07. The lowest BCUT2D eigenvalue weighted by atomic mass is 9.88. The smallest absolute Gasteiger partial charge is 0.245 e. The minimum atomic E-state index is -0.329. The number of rotatable bonds is 3. The maximum atomic E-state index is 12.9. The average molecular weight is 359 g/mol. The van der Waals surface area contributed by atoms with Gasteiger partial charge in [-0.2, -0.15) is 0 Å². The van der Waals surface area contributed by atoms with Crippen molar-refractivity contribution in [3.8, 4) is 0 Å². The van der Waals surface area contributed by atoms with Crippen molar-refractivity contribution in [1.82, 2.24) is 14.9 Å². The molecule has 0 bridgehead atoms. The van der Waals surface area contributed by atoms with Crippen LogP contribution < -0.4 is 5.32 Å². The molecule has 1 saturated heterocycles. The van der Waals surface area contributed by atoms with E-state index in [1.807, 2.05) is 24.0 Å². The highest BCUT2D eigenvalue weighted by atomic mass is 35.5. The molecule has 4 rings (SSSR count). The number of hydrogen-bond acceptors (Lipinski definition) is 4. The molecule has 1 N–H and O–H groups in total. The Labute approximate surface area is 152 Å². The summed E-state index contributed by atoms with van der Waals surface area (Å²) >= 11 is 6.03.